The van der Waals surface area contributed by atoms with Crippen molar-refractivity contribution >= 4 is 98.0 Å². The number of benzene rings is 2. The number of aromatic nitrogens is 4. The number of hydrogen-bond acceptors (Lipinski definition) is 13. The van der Waals surface area contributed by atoms with Gasteiger partial charge in [0.25, 0.3) is 23.6 Å². The summed E-state index contributed by atoms with van der Waals surface area (Å²) in [6.45, 7) is 4.35. The van der Waals surface area contributed by atoms with Crippen LogP contribution in [-0.2, 0) is 27.5 Å². The molecule has 2 aromatic carbocycles. The molecule has 65 heavy (non-hydrogen) atoms. The zero-order valence-corrected chi connectivity index (χ0v) is 37.3. The minimum Gasteiger partial charge on any atom is -0.494 e. The average Bonchev–Trinajstić information content (AvgIpc) is 4.11. The van der Waals surface area contributed by atoms with Crippen LogP contribution in [0.15, 0.2) is 71.5 Å². The van der Waals surface area contributed by atoms with Crippen molar-refractivity contribution in [1.29, 1.82) is 0 Å². The number of primary amides is 2. The second-order valence-corrected chi connectivity index (χ2v) is 16.8. The van der Waals surface area contributed by atoms with E-state index in [2.05, 4.69) is 15.6 Å². The Bertz CT molecular complexity index is 2940. The predicted octanol–water partition coefficient (Wildman–Crippen LogP) is 4.64. The Morgan fingerprint density at radius 2 is 1.25 bits per heavy atom. The van der Waals surface area contributed by atoms with Crippen molar-refractivity contribution in [2.24, 2.45) is 11.5 Å². The van der Waals surface area contributed by atoms with Crippen LogP contribution in [0.3, 0.4) is 0 Å². The standard InChI is InChI=1S/C44H44N10O9S2/c1-24-16-32(64-22-24)41(60)49-43-47-28-18-26(39(45)58)20-30(62-4)37(28)53(43)12-5-6-13-54-38-29(48-44(54)50-42(61)33-17-25(2)23-65-33)19-27(40(46)59)21-31(38)63-15-7-11-51(3)34(55)10-14-52-35(56)8-9-36(52)57/h5-6,8-9,16-23H,7,10-15H2,1-4H3,(H2,45,58)(H2,46,59)(H,47,49,60)(H,48,50,61)/b6-5+. The number of carbonyl (C=O) groups is 7. The molecular weight excluding hydrogens is 877 g/mol. The highest BCUT2D eigenvalue weighted by Gasteiger charge is 2.25. The number of fused-ring (bicyclic) bond motifs is 2. The van der Waals surface area contributed by atoms with Crippen molar-refractivity contribution in [3.8, 4) is 11.5 Å². The van der Waals surface area contributed by atoms with Crippen LogP contribution in [-0.4, -0.2) is 104 Å². The molecule has 6 N–H and O–H groups in total. The van der Waals surface area contributed by atoms with Gasteiger partial charge in [-0.1, -0.05) is 12.2 Å². The molecule has 0 spiro atoms. The van der Waals surface area contributed by atoms with E-state index in [0.29, 0.717) is 44.0 Å². The maximum atomic E-state index is 13.5. The van der Waals surface area contributed by atoms with Crippen LogP contribution in [0.5, 0.6) is 11.5 Å². The fraction of sp³-hybridized carbons (Fsp3) is 0.250. The number of nitrogens with two attached hydrogens (primary N) is 2. The first-order valence-electron chi connectivity index (χ1n) is 20.1. The van der Waals surface area contributed by atoms with Gasteiger partial charge in [0.05, 0.1) is 34.5 Å². The monoisotopic (exact) mass is 920 g/mol. The first-order chi connectivity index (χ1) is 31.1. The summed E-state index contributed by atoms with van der Waals surface area (Å²) in [4.78, 5) is 101. The maximum Gasteiger partial charge on any atom is 0.268 e. The highest BCUT2D eigenvalue weighted by atomic mass is 32.1. The summed E-state index contributed by atoms with van der Waals surface area (Å²) < 4.78 is 15.4. The van der Waals surface area contributed by atoms with Crippen LogP contribution < -0.4 is 31.6 Å². The minimum absolute atomic E-state index is 0.0381. The zero-order valence-electron chi connectivity index (χ0n) is 35.7. The lowest BCUT2D eigenvalue weighted by atomic mass is 10.1. The number of ether oxygens (including phenoxy) is 2. The van der Waals surface area contributed by atoms with E-state index in [1.165, 1.54) is 71.1 Å². The summed E-state index contributed by atoms with van der Waals surface area (Å²) in [5, 5.41) is 9.50. The number of imidazole rings is 2. The van der Waals surface area contributed by atoms with Crippen LogP contribution in [0.2, 0.25) is 0 Å². The van der Waals surface area contributed by atoms with Crippen LogP contribution in [0, 0.1) is 13.8 Å². The Labute approximate surface area is 379 Å². The quantitative estimate of drug-likeness (QED) is 0.0495. The summed E-state index contributed by atoms with van der Waals surface area (Å²) in [5.74, 6) is -2.52. The number of nitrogens with one attached hydrogen (secondary N) is 2. The van der Waals surface area contributed by atoms with Gasteiger partial charge in [-0.3, -0.25) is 49.1 Å². The molecule has 0 aliphatic carbocycles. The Balaban J connectivity index is 1.17. The predicted molar refractivity (Wildman–Crippen MR) is 244 cm³/mol. The van der Waals surface area contributed by atoms with Crippen molar-refractivity contribution in [1.82, 2.24) is 28.9 Å². The van der Waals surface area contributed by atoms with Crippen molar-refractivity contribution in [3.63, 3.8) is 0 Å². The van der Waals surface area contributed by atoms with Crippen LogP contribution in [0.1, 0.15) is 64.0 Å². The highest BCUT2D eigenvalue weighted by molar-refractivity contribution is 7.12. The van der Waals surface area contributed by atoms with E-state index < -0.39 is 29.5 Å². The summed E-state index contributed by atoms with van der Waals surface area (Å²) in [6.07, 6.45) is 6.26. The number of carbonyl (C=O) groups excluding carboxylic acids is 7. The van der Waals surface area contributed by atoms with Crippen LogP contribution >= 0.6 is 22.7 Å². The number of rotatable bonds is 19. The first-order valence-corrected chi connectivity index (χ1v) is 21.9. The molecule has 1 aliphatic heterocycles. The number of aryl methyl sites for hydroxylation is 2. The zero-order chi connectivity index (χ0) is 46.5. The molecule has 336 valence electrons. The SMILES string of the molecule is COc1cc(C(N)=O)cc2nc(NC(=O)c3cc(C)cs3)n(C/C=C/Cn3c(NC(=O)c4cc(C)cs4)nc4cc(C(N)=O)cc(OCCCN(C)C(=O)CCN5C(=O)C=CC5=O)c43)c12. The number of anilines is 2. The number of hydrogen-bond donors (Lipinski definition) is 4. The van der Waals surface area contributed by atoms with Crippen LogP contribution in [0.4, 0.5) is 11.9 Å². The van der Waals surface area contributed by atoms with E-state index in [4.69, 9.17) is 25.9 Å². The maximum absolute atomic E-state index is 13.5. The van der Waals surface area contributed by atoms with Gasteiger partial charge in [0.2, 0.25) is 29.6 Å². The minimum atomic E-state index is -0.732. The number of nitrogens with zero attached hydrogens (tertiary/aromatic N) is 6. The van der Waals surface area contributed by atoms with Gasteiger partial charge in [0.1, 0.15) is 22.5 Å². The van der Waals surface area contributed by atoms with Gasteiger partial charge in [-0.25, -0.2) is 9.97 Å². The molecule has 4 aromatic heterocycles. The van der Waals surface area contributed by atoms with Crippen molar-refractivity contribution < 1.29 is 43.0 Å². The molecule has 0 saturated carbocycles. The number of amides is 7. The van der Waals surface area contributed by atoms with E-state index in [0.717, 1.165) is 16.0 Å². The molecule has 5 heterocycles. The molecule has 0 radical (unpaired) electrons. The second-order valence-electron chi connectivity index (χ2n) is 15.0. The van der Waals surface area contributed by atoms with Gasteiger partial charge in [0, 0.05) is 62.9 Å². The number of allylic oxidation sites excluding steroid dienone is 2. The van der Waals surface area contributed by atoms with Gasteiger partial charge in [-0.05, 0) is 78.6 Å². The molecule has 0 fully saturated rings. The van der Waals surface area contributed by atoms with Crippen molar-refractivity contribution in [2.45, 2.75) is 39.8 Å². The molecule has 19 nitrogen and oxygen atoms in total. The normalized spacial score (nSPS) is 12.5. The van der Waals surface area contributed by atoms with Gasteiger partial charge in [-0.2, -0.15) is 0 Å². The number of thiophene rings is 2. The molecule has 0 bridgehead atoms. The fourth-order valence-electron chi connectivity index (χ4n) is 7.00. The van der Waals surface area contributed by atoms with E-state index in [-0.39, 0.29) is 79.8 Å². The summed E-state index contributed by atoms with van der Waals surface area (Å²) >= 11 is 2.56. The molecule has 7 amide bonds. The van der Waals surface area contributed by atoms with E-state index in [1.54, 1.807) is 28.3 Å². The van der Waals surface area contributed by atoms with Gasteiger partial charge in [-0.15, -0.1) is 22.7 Å². The molecule has 0 unspecified atom stereocenters. The Morgan fingerprint density at radius 1 is 0.754 bits per heavy atom. The fourth-order valence-corrected chi connectivity index (χ4v) is 8.59. The third-order valence-electron chi connectivity index (χ3n) is 10.3. The Morgan fingerprint density at radius 3 is 1.71 bits per heavy atom. The Kier molecular flexibility index (Phi) is 13.5. The average molecular weight is 921 g/mol. The van der Waals surface area contributed by atoms with E-state index >= 15 is 0 Å². The highest BCUT2D eigenvalue weighted by Crippen LogP contribution is 2.33. The van der Waals surface area contributed by atoms with Crippen molar-refractivity contribution in [2.75, 3.05) is 44.5 Å². The lowest BCUT2D eigenvalue weighted by Crippen LogP contribution is -2.36. The molecular formula is C44H44N10O9S2. The van der Waals surface area contributed by atoms with Gasteiger partial charge < -0.3 is 35.0 Å². The molecule has 6 aromatic rings. The molecule has 21 heteroatoms. The lowest BCUT2D eigenvalue weighted by Gasteiger charge is -2.19. The molecule has 1 aliphatic rings. The lowest BCUT2D eigenvalue weighted by molar-refractivity contribution is -0.138. The first kappa shape index (κ1) is 45.4. The molecule has 0 atom stereocenters. The summed E-state index contributed by atoms with van der Waals surface area (Å²) in [5.41, 5.74) is 15.0. The summed E-state index contributed by atoms with van der Waals surface area (Å²) in [6, 6.07) is 9.52. The third-order valence-corrected chi connectivity index (χ3v) is 12.4. The smallest absolute Gasteiger partial charge is 0.268 e. The van der Waals surface area contributed by atoms with E-state index in [1.807, 2.05) is 36.8 Å². The largest absolute Gasteiger partial charge is 0.494 e. The number of imide groups is 1. The van der Waals surface area contributed by atoms with Gasteiger partial charge in [0.15, 0.2) is 0 Å². The van der Waals surface area contributed by atoms with Crippen LogP contribution in [0.25, 0.3) is 22.1 Å². The second kappa shape index (κ2) is 19.4. The number of methoxy groups -OCH3 is 1. The topological polar surface area (TPSA) is 256 Å². The molecule has 0 saturated heterocycles. The summed E-state index contributed by atoms with van der Waals surface area (Å²) in [7, 11) is 3.05. The molecule has 7 rings (SSSR count). The Hall–Kier alpha value is -7.65. The van der Waals surface area contributed by atoms with Gasteiger partial charge >= 0.3 is 0 Å². The third kappa shape index (κ3) is 10.1. The van der Waals surface area contributed by atoms with E-state index in [9.17, 15) is 33.6 Å². The van der Waals surface area contributed by atoms with Crippen molar-refractivity contribution in [3.05, 3.63) is 103 Å².